The van der Waals surface area contributed by atoms with Gasteiger partial charge in [-0.3, -0.25) is 14.6 Å². The molecule has 4 heterocycles. The van der Waals surface area contributed by atoms with Crippen LogP contribution in [0.5, 0.6) is 6.01 Å². The molecular weight excluding hydrogens is 626 g/mol. The van der Waals surface area contributed by atoms with E-state index in [-0.39, 0.29) is 25.2 Å². The second-order valence-corrected chi connectivity index (χ2v) is 13.9. The zero-order valence-electron chi connectivity index (χ0n) is 29.2. The Bertz CT molecular complexity index is 1820. The van der Waals surface area contributed by atoms with Gasteiger partial charge in [-0.2, -0.15) is 15.2 Å². The molecule has 260 valence electrons. The summed E-state index contributed by atoms with van der Waals surface area (Å²) in [5, 5.41) is 12.3. The second kappa shape index (κ2) is 15.4. The SMILES string of the molecule is CC(C)N1CCC[C@H]1COc1nc2c(c(N3CCN(CC(=O)OCc4ccccc4)[C@@H](CC#N)C3)n1)CCN(c1cccc3ccccc13)C2. The quantitative estimate of drug-likeness (QED) is 0.188. The molecule has 2 saturated heterocycles. The molecule has 1 aromatic heterocycles. The molecule has 0 amide bonds. The minimum Gasteiger partial charge on any atom is -0.462 e. The van der Waals surface area contributed by atoms with Crippen molar-refractivity contribution in [3.63, 3.8) is 0 Å². The van der Waals surface area contributed by atoms with Gasteiger partial charge in [0.05, 0.1) is 31.3 Å². The van der Waals surface area contributed by atoms with Crippen LogP contribution in [0, 0.1) is 11.3 Å². The molecule has 2 fully saturated rings. The standard InChI is InChI=1S/C40H47N7O3/c1-29(2)47-20-9-14-33(47)28-50-40-42-36-25-45(37-16-8-13-31-12-6-7-15-34(31)37)21-18-35(36)39(43-40)46-23-22-44(32(24-46)17-19-41)26-38(48)49-27-30-10-4-3-5-11-30/h3-8,10-13,15-16,29,32-33H,9,14,17-18,20-28H2,1-2H3/t32-,33-/m0/s1. The lowest BCUT2D eigenvalue weighted by molar-refractivity contribution is -0.147. The number of ether oxygens (including phenoxy) is 2. The first kappa shape index (κ1) is 33.8. The van der Waals surface area contributed by atoms with Crippen molar-refractivity contribution in [2.24, 2.45) is 0 Å². The number of anilines is 2. The van der Waals surface area contributed by atoms with Crippen molar-refractivity contribution in [3.05, 3.63) is 89.6 Å². The molecule has 3 aromatic carbocycles. The van der Waals surface area contributed by atoms with Crippen molar-refractivity contribution >= 4 is 28.2 Å². The fourth-order valence-electron chi connectivity index (χ4n) is 7.83. The van der Waals surface area contributed by atoms with Crippen molar-refractivity contribution in [1.82, 2.24) is 19.8 Å². The predicted octanol–water partition coefficient (Wildman–Crippen LogP) is 5.59. The predicted molar refractivity (Wildman–Crippen MR) is 195 cm³/mol. The summed E-state index contributed by atoms with van der Waals surface area (Å²) >= 11 is 0. The van der Waals surface area contributed by atoms with Gasteiger partial charge in [-0.15, -0.1) is 0 Å². The third kappa shape index (κ3) is 7.54. The smallest absolute Gasteiger partial charge is 0.320 e. The van der Waals surface area contributed by atoms with E-state index in [0.29, 0.717) is 57.3 Å². The molecule has 0 N–H and O–H groups in total. The van der Waals surface area contributed by atoms with Gasteiger partial charge in [-0.1, -0.05) is 66.7 Å². The number of hydrogen-bond donors (Lipinski definition) is 0. The number of nitrogens with zero attached hydrogens (tertiary/aromatic N) is 7. The summed E-state index contributed by atoms with van der Waals surface area (Å²) in [6.45, 7) is 9.90. The highest BCUT2D eigenvalue weighted by molar-refractivity contribution is 5.94. The molecule has 0 unspecified atom stereocenters. The molecule has 10 nitrogen and oxygen atoms in total. The Morgan fingerprint density at radius 3 is 2.60 bits per heavy atom. The number of hydrogen-bond acceptors (Lipinski definition) is 10. The summed E-state index contributed by atoms with van der Waals surface area (Å²) in [6, 6.07) is 28.2. The van der Waals surface area contributed by atoms with E-state index < -0.39 is 0 Å². The van der Waals surface area contributed by atoms with Crippen molar-refractivity contribution in [3.8, 4) is 12.1 Å². The molecule has 50 heavy (non-hydrogen) atoms. The van der Waals surface area contributed by atoms with Gasteiger partial charge in [0.15, 0.2) is 0 Å². The number of piperazine rings is 1. The van der Waals surface area contributed by atoms with Crippen molar-refractivity contribution in [2.75, 3.05) is 55.7 Å². The lowest BCUT2D eigenvalue weighted by Crippen LogP contribution is -2.55. The van der Waals surface area contributed by atoms with E-state index in [9.17, 15) is 10.1 Å². The van der Waals surface area contributed by atoms with Crippen molar-refractivity contribution in [1.29, 1.82) is 5.26 Å². The fourth-order valence-corrected chi connectivity index (χ4v) is 7.83. The van der Waals surface area contributed by atoms with Gasteiger partial charge >= 0.3 is 12.0 Å². The number of carbonyl (C=O) groups is 1. The van der Waals surface area contributed by atoms with E-state index in [1.807, 2.05) is 30.3 Å². The van der Waals surface area contributed by atoms with Gasteiger partial charge in [-0.25, -0.2) is 0 Å². The summed E-state index contributed by atoms with van der Waals surface area (Å²) < 4.78 is 12.1. The molecule has 0 saturated carbocycles. The van der Waals surface area contributed by atoms with Gasteiger partial charge in [0, 0.05) is 60.9 Å². The number of esters is 1. The normalized spacial score (nSPS) is 19.8. The molecule has 0 aliphatic carbocycles. The second-order valence-electron chi connectivity index (χ2n) is 13.9. The number of fused-ring (bicyclic) bond motifs is 2. The summed E-state index contributed by atoms with van der Waals surface area (Å²) in [5.41, 5.74) is 4.29. The number of likely N-dealkylation sites (tertiary alicyclic amines) is 1. The molecule has 0 radical (unpaired) electrons. The van der Waals surface area contributed by atoms with Gasteiger partial charge in [0.2, 0.25) is 0 Å². The van der Waals surface area contributed by atoms with E-state index >= 15 is 0 Å². The van der Waals surface area contributed by atoms with Crippen LogP contribution in [-0.2, 0) is 29.1 Å². The highest BCUT2D eigenvalue weighted by atomic mass is 16.5. The molecular formula is C40H47N7O3. The Labute approximate surface area is 295 Å². The number of carbonyl (C=O) groups excluding carboxylic acids is 1. The molecule has 0 bridgehead atoms. The van der Waals surface area contributed by atoms with E-state index in [1.165, 1.54) is 22.9 Å². The maximum atomic E-state index is 12.9. The molecule has 3 aliphatic heterocycles. The van der Waals surface area contributed by atoms with Crippen LogP contribution in [0.25, 0.3) is 10.8 Å². The van der Waals surface area contributed by atoms with Crippen LogP contribution in [-0.4, -0.2) is 89.7 Å². The van der Waals surface area contributed by atoms with Crippen LogP contribution in [0.4, 0.5) is 11.5 Å². The Hall–Kier alpha value is -4.72. The maximum absolute atomic E-state index is 12.9. The Kier molecular flexibility index (Phi) is 10.4. The lowest BCUT2D eigenvalue weighted by Gasteiger charge is -2.42. The first-order valence-electron chi connectivity index (χ1n) is 18.0. The molecule has 2 atom stereocenters. The van der Waals surface area contributed by atoms with Crippen molar-refractivity contribution in [2.45, 2.75) is 70.8 Å². The average Bonchev–Trinajstić information content (AvgIpc) is 3.63. The molecule has 3 aliphatic rings. The molecule has 0 spiro atoms. The zero-order valence-corrected chi connectivity index (χ0v) is 29.2. The Balaban J connectivity index is 1.12. The maximum Gasteiger partial charge on any atom is 0.320 e. The van der Waals surface area contributed by atoms with Crippen LogP contribution < -0.4 is 14.5 Å². The van der Waals surface area contributed by atoms with Gasteiger partial charge in [0.25, 0.3) is 0 Å². The van der Waals surface area contributed by atoms with Gasteiger partial charge < -0.3 is 19.3 Å². The van der Waals surface area contributed by atoms with E-state index in [1.54, 1.807) is 0 Å². The summed E-state index contributed by atoms with van der Waals surface area (Å²) in [7, 11) is 0. The number of aromatic nitrogens is 2. The van der Waals surface area contributed by atoms with E-state index in [2.05, 4.69) is 82.0 Å². The van der Waals surface area contributed by atoms with Crippen molar-refractivity contribution < 1.29 is 14.3 Å². The molecule has 7 rings (SSSR count). The number of benzene rings is 3. The van der Waals surface area contributed by atoms with Crippen LogP contribution >= 0.6 is 0 Å². The van der Waals surface area contributed by atoms with Crippen LogP contribution in [0.3, 0.4) is 0 Å². The topological polar surface area (TPSA) is 98.1 Å². The summed E-state index contributed by atoms with van der Waals surface area (Å²) in [6.07, 6.45) is 3.39. The first-order valence-corrected chi connectivity index (χ1v) is 18.0. The summed E-state index contributed by atoms with van der Waals surface area (Å²) in [5.74, 6) is 0.611. The zero-order chi connectivity index (χ0) is 34.5. The monoisotopic (exact) mass is 673 g/mol. The van der Waals surface area contributed by atoms with E-state index in [0.717, 1.165) is 48.6 Å². The molecule has 4 aromatic rings. The summed E-state index contributed by atoms with van der Waals surface area (Å²) in [4.78, 5) is 32.3. The Morgan fingerprint density at radius 1 is 0.940 bits per heavy atom. The fraction of sp³-hybridized carbons (Fsp3) is 0.450. The highest BCUT2D eigenvalue weighted by Gasteiger charge is 2.34. The molecule has 10 heteroatoms. The van der Waals surface area contributed by atoms with E-state index in [4.69, 9.17) is 19.4 Å². The van der Waals surface area contributed by atoms with Gasteiger partial charge in [-0.05, 0) is 56.7 Å². The van der Waals surface area contributed by atoms with Crippen LogP contribution in [0.2, 0.25) is 0 Å². The third-order valence-corrected chi connectivity index (χ3v) is 10.4. The highest BCUT2D eigenvalue weighted by Crippen LogP contribution is 2.35. The lowest BCUT2D eigenvalue weighted by atomic mass is 10.0. The number of rotatable bonds is 11. The van der Waals surface area contributed by atoms with Crippen LogP contribution in [0.1, 0.15) is 49.9 Å². The van der Waals surface area contributed by atoms with Gasteiger partial charge in [0.1, 0.15) is 19.0 Å². The largest absolute Gasteiger partial charge is 0.462 e. The average molecular weight is 674 g/mol. The minimum atomic E-state index is -0.281. The van der Waals surface area contributed by atoms with Crippen LogP contribution in [0.15, 0.2) is 72.8 Å². The number of nitriles is 1. The third-order valence-electron chi connectivity index (χ3n) is 10.4. The minimum absolute atomic E-state index is 0.137. The first-order chi connectivity index (χ1) is 24.5. The Morgan fingerprint density at radius 2 is 1.76 bits per heavy atom.